The minimum atomic E-state index is -0.670. The van der Waals surface area contributed by atoms with Crippen LogP contribution in [0.4, 0.5) is 5.69 Å². The Balaban J connectivity index is 1.61. The van der Waals surface area contributed by atoms with E-state index < -0.39 is 11.8 Å². The van der Waals surface area contributed by atoms with Crippen LogP contribution < -0.4 is 15.9 Å². The molecule has 1 heterocycles. The highest BCUT2D eigenvalue weighted by atomic mass is 35.5. The number of anilines is 1. The second kappa shape index (κ2) is 7.45. The van der Waals surface area contributed by atoms with Crippen molar-refractivity contribution < 1.29 is 14.7 Å². The van der Waals surface area contributed by atoms with Gasteiger partial charge in [0.05, 0.1) is 11.3 Å². The second-order valence-electron chi connectivity index (χ2n) is 5.83. The summed E-state index contributed by atoms with van der Waals surface area (Å²) in [5.41, 5.74) is 6.87. The summed E-state index contributed by atoms with van der Waals surface area (Å²) in [6.45, 7) is 2.79. The summed E-state index contributed by atoms with van der Waals surface area (Å²) < 4.78 is 0. The molecule has 0 spiro atoms. The summed E-state index contributed by atoms with van der Waals surface area (Å²) in [5, 5.41) is 16.3. The zero-order chi connectivity index (χ0) is 18.7. The summed E-state index contributed by atoms with van der Waals surface area (Å²) in [6, 6.07) is 11.0. The summed E-state index contributed by atoms with van der Waals surface area (Å²) in [5.74, 6) is -1.38. The molecule has 0 radical (unpaired) electrons. The Morgan fingerprint density at radius 1 is 1.12 bits per heavy atom. The molecule has 0 bridgehead atoms. The molecule has 3 rings (SSSR count). The van der Waals surface area contributed by atoms with E-state index in [9.17, 15) is 14.7 Å². The zero-order valence-electron chi connectivity index (χ0n) is 14.0. The van der Waals surface area contributed by atoms with E-state index in [-0.39, 0.29) is 11.3 Å². The van der Waals surface area contributed by atoms with Crippen molar-refractivity contribution in [2.45, 2.75) is 13.3 Å². The molecule has 1 aliphatic rings. The molecule has 0 aromatic heterocycles. The number of phenols is 1. The van der Waals surface area contributed by atoms with Gasteiger partial charge in [-0.05, 0) is 49.4 Å². The molecular formula is C18H17ClN4O3. The number of benzene rings is 2. The number of phenolic OH excluding ortho intramolecular Hbond substituents is 1. The van der Waals surface area contributed by atoms with Gasteiger partial charge in [0.25, 0.3) is 11.8 Å². The molecule has 7 nitrogen and oxygen atoms in total. The highest BCUT2D eigenvalue weighted by Gasteiger charge is 2.15. The number of aromatic hydroxyl groups is 1. The van der Waals surface area contributed by atoms with E-state index in [1.165, 1.54) is 18.2 Å². The van der Waals surface area contributed by atoms with Gasteiger partial charge < -0.3 is 5.11 Å². The first-order chi connectivity index (χ1) is 12.4. The summed E-state index contributed by atoms with van der Waals surface area (Å²) >= 11 is 5.81. The number of hydrogen-bond acceptors (Lipinski definition) is 5. The zero-order valence-corrected chi connectivity index (χ0v) is 14.7. The van der Waals surface area contributed by atoms with E-state index in [2.05, 4.69) is 16.0 Å². The first kappa shape index (κ1) is 17.8. The molecular weight excluding hydrogens is 356 g/mol. The minimum absolute atomic E-state index is 0.0320. The Morgan fingerprint density at radius 3 is 2.46 bits per heavy atom. The van der Waals surface area contributed by atoms with E-state index in [0.717, 1.165) is 24.4 Å². The molecule has 2 amide bonds. The molecule has 2 aromatic rings. The average Bonchev–Trinajstić information content (AvgIpc) is 3.08. The van der Waals surface area contributed by atoms with Crippen LogP contribution in [0, 0.1) is 0 Å². The molecule has 1 aliphatic heterocycles. The van der Waals surface area contributed by atoms with Gasteiger partial charge in [0.1, 0.15) is 5.75 Å². The third-order valence-corrected chi connectivity index (χ3v) is 4.13. The van der Waals surface area contributed by atoms with Crippen molar-refractivity contribution in [1.82, 2.24) is 10.9 Å². The molecule has 0 saturated carbocycles. The Morgan fingerprint density at radius 2 is 1.81 bits per heavy atom. The molecule has 3 N–H and O–H groups in total. The number of nitrogens with one attached hydrogen (secondary N) is 2. The third kappa shape index (κ3) is 3.94. The highest BCUT2D eigenvalue weighted by molar-refractivity contribution is 6.31. The summed E-state index contributed by atoms with van der Waals surface area (Å²) in [6.07, 6.45) is 0.921. The van der Waals surface area contributed by atoms with Crippen molar-refractivity contribution in [3.8, 4) is 5.75 Å². The molecule has 134 valence electrons. The molecule has 0 saturated heterocycles. The van der Waals surface area contributed by atoms with Gasteiger partial charge >= 0.3 is 0 Å². The van der Waals surface area contributed by atoms with Crippen LogP contribution in [0.15, 0.2) is 47.6 Å². The number of halogens is 1. The number of hydrazone groups is 1. The van der Waals surface area contributed by atoms with Crippen LogP contribution in [0.25, 0.3) is 0 Å². The molecule has 2 aromatic carbocycles. The monoisotopic (exact) mass is 372 g/mol. The molecule has 8 heteroatoms. The predicted octanol–water partition coefficient (Wildman–Crippen LogP) is 2.71. The van der Waals surface area contributed by atoms with Crippen LogP contribution in [-0.2, 0) is 0 Å². The SMILES string of the molecule is CC1=NN(c2ccc(C(=O)NNC(=O)c3cc(Cl)ccc3O)cc2)CC1. The van der Waals surface area contributed by atoms with E-state index in [1.54, 1.807) is 24.3 Å². The van der Waals surface area contributed by atoms with E-state index in [1.807, 2.05) is 11.9 Å². The molecule has 0 aliphatic carbocycles. The normalized spacial score (nSPS) is 13.3. The molecule has 26 heavy (non-hydrogen) atoms. The third-order valence-electron chi connectivity index (χ3n) is 3.90. The Hall–Kier alpha value is -3.06. The molecule has 0 atom stereocenters. The van der Waals surface area contributed by atoms with Crippen molar-refractivity contribution >= 4 is 34.8 Å². The Kier molecular flexibility index (Phi) is 5.09. The quantitative estimate of drug-likeness (QED) is 0.722. The number of hydrazine groups is 1. The maximum absolute atomic E-state index is 12.2. The fraction of sp³-hybridized carbons (Fsp3) is 0.167. The van der Waals surface area contributed by atoms with Gasteiger partial charge in [-0.15, -0.1) is 0 Å². The van der Waals surface area contributed by atoms with E-state index in [4.69, 9.17) is 11.6 Å². The summed E-state index contributed by atoms with van der Waals surface area (Å²) in [4.78, 5) is 24.2. The number of hydrogen-bond donors (Lipinski definition) is 3. The number of amides is 2. The lowest BCUT2D eigenvalue weighted by Gasteiger charge is -2.14. The van der Waals surface area contributed by atoms with Crippen LogP contribution >= 0.6 is 11.6 Å². The van der Waals surface area contributed by atoms with E-state index >= 15 is 0 Å². The van der Waals surface area contributed by atoms with Gasteiger partial charge in [0, 0.05) is 29.3 Å². The smallest absolute Gasteiger partial charge is 0.273 e. The van der Waals surface area contributed by atoms with Crippen LogP contribution in [0.5, 0.6) is 5.75 Å². The van der Waals surface area contributed by atoms with Crippen LogP contribution in [0.3, 0.4) is 0 Å². The standard InChI is InChI=1S/C18H17ClN4O3/c1-11-8-9-23(22-11)14-5-2-12(3-6-14)17(25)20-21-18(26)15-10-13(19)4-7-16(15)24/h2-7,10,24H,8-9H2,1H3,(H,20,25)(H,21,26). The van der Waals surface area contributed by atoms with Crippen molar-refractivity contribution in [2.24, 2.45) is 5.10 Å². The maximum Gasteiger partial charge on any atom is 0.273 e. The topological polar surface area (TPSA) is 94.0 Å². The average molecular weight is 373 g/mol. The predicted molar refractivity (Wildman–Crippen MR) is 99.6 cm³/mol. The first-order valence-corrected chi connectivity index (χ1v) is 8.33. The van der Waals surface area contributed by atoms with Crippen LogP contribution in [0.1, 0.15) is 34.1 Å². The first-order valence-electron chi connectivity index (χ1n) is 7.95. The number of carbonyl (C=O) groups is 2. The Bertz CT molecular complexity index is 881. The van der Waals surface area contributed by atoms with E-state index in [0.29, 0.717) is 10.6 Å². The lowest BCUT2D eigenvalue weighted by molar-refractivity contribution is 0.0845. The number of rotatable bonds is 3. The fourth-order valence-corrected chi connectivity index (χ4v) is 2.66. The highest BCUT2D eigenvalue weighted by Crippen LogP contribution is 2.21. The van der Waals surface area contributed by atoms with Gasteiger partial charge in [-0.1, -0.05) is 11.6 Å². The van der Waals surface area contributed by atoms with Crippen LogP contribution in [-0.4, -0.2) is 29.2 Å². The molecule has 0 unspecified atom stereocenters. The van der Waals surface area contributed by atoms with Crippen molar-refractivity contribution in [3.63, 3.8) is 0 Å². The van der Waals surface area contributed by atoms with Crippen molar-refractivity contribution in [3.05, 3.63) is 58.6 Å². The van der Waals surface area contributed by atoms with Crippen molar-refractivity contribution in [1.29, 1.82) is 0 Å². The Labute approximate surface area is 155 Å². The van der Waals surface area contributed by atoms with Gasteiger partial charge in [-0.25, -0.2) is 0 Å². The lowest BCUT2D eigenvalue weighted by atomic mass is 10.2. The van der Waals surface area contributed by atoms with Gasteiger partial charge in [-0.2, -0.15) is 5.10 Å². The largest absolute Gasteiger partial charge is 0.507 e. The van der Waals surface area contributed by atoms with Gasteiger partial charge in [0.15, 0.2) is 0 Å². The van der Waals surface area contributed by atoms with Gasteiger partial charge in [0.2, 0.25) is 0 Å². The minimum Gasteiger partial charge on any atom is -0.507 e. The maximum atomic E-state index is 12.2. The fourth-order valence-electron chi connectivity index (χ4n) is 2.49. The number of carbonyl (C=O) groups excluding carboxylic acids is 2. The summed E-state index contributed by atoms with van der Waals surface area (Å²) in [7, 11) is 0. The lowest BCUT2D eigenvalue weighted by Crippen LogP contribution is -2.41. The molecule has 0 fully saturated rings. The van der Waals surface area contributed by atoms with Crippen molar-refractivity contribution in [2.75, 3.05) is 11.6 Å². The van der Waals surface area contributed by atoms with Crippen LogP contribution in [0.2, 0.25) is 5.02 Å². The number of nitrogens with zero attached hydrogens (tertiary/aromatic N) is 2. The second-order valence-corrected chi connectivity index (χ2v) is 6.26. The van der Waals surface area contributed by atoms with Gasteiger partial charge in [-0.3, -0.25) is 25.4 Å².